The number of nitrogens with one attached hydrogen (secondary N) is 2. The lowest BCUT2D eigenvalue weighted by Crippen LogP contribution is -2.32. The molecule has 0 bridgehead atoms. The van der Waals surface area contributed by atoms with E-state index in [4.69, 9.17) is 0 Å². The Morgan fingerprint density at radius 1 is 1.38 bits per heavy atom. The van der Waals surface area contributed by atoms with E-state index < -0.39 is 0 Å². The van der Waals surface area contributed by atoms with E-state index in [2.05, 4.69) is 26.6 Å². The molecule has 0 radical (unpaired) electrons. The van der Waals surface area contributed by atoms with E-state index in [1.165, 1.54) is 19.3 Å². The van der Waals surface area contributed by atoms with Crippen molar-refractivity contribution in [2.75, 3.05) is 31.1 Å². The molecule has 2 fully saturated rings. The normalized spacial score (nSPS) is 22.3. The number of rotatable bonds is 4. The second-order valence-corrected chi connectivity index (χ2v) is 5.98. The van der Waals surface area contributed by atoms with Crippen molar-refractivity contribution >= 4 is 11.7 Å². The third-order valence-electron chi connectivity index (χ3n) is 4.39. The molecule has 0 aliphatic carbocycles. The van der Waals surface area contributed by atoms with Crippen LogP contribution in [0.2, 0.25) is 0 Å². The molecule has 2 aliphatic rings. The first-order chi connectivity index (χ1) is 10.3. The lowest BCUT2D eigenvalue weighted by Gasteiger charge is -2.28. The quantitative estimate of drug-likeness (QED) is 0.877. The van der Waals surface area contributed by atoms with Gasteiger partial charge in [-0.1, -0.05) is 0 Å². The fourth-order valence-corrected chi connectivity index (χ4v) is 3.08. The maximum atomic E-state index is 12.0. The molecule has 2 N–H and O–H groups in total. The third kappa shape index (κ3) is 3.73. The smallest absolute Gasteiger partial charge is 0.224 e. The zero-order chi connectivity index (χ0) is 14.5. The highest BCUT2D eigenvalue weighted by Crippen LogP contribution is 2.18. The number of pyridine rings is 1. The van der Waals surface area contributed by atoms with Gasteiger partial charge in [-0.15, -0.1) is 0 Å². The zero-order valence-corrected chi connectivity index (χ0v) is 12.5. The summed E-state index contributed by atoms with van der Waals surface area (Å²) in [5, 5.41) is 6.27. The van der Waals surface area contributed by atoms with Crippen LogP contribution in [0.1, 0.15) is 31.2 Å². The van der Waals surface area contributed by atoms with Gasteiger partial charge in [0.25, 0.3) is 0 Å². The number of aromatic nitrogens is 1. The number of amides is 1. The first-order valence-corrected chi connectivity index (χ1v) is 8.01. The molecule has 2 saturated heterocycles. The molecular formula is C16H24N4O. The number of anilines is 1. The molecular weight excluding hydrogens is 264 g/mol. The van der Waals surface area contributed by atoms with Gasteiger partial charge < -0.3 is 15.5 Å². The Morgan fingerprint density at radius 2 is 2.24 bits per heavy atom. The van der Waals surface area contributed by atoms with Gasteiger partial charge in [-0.3, -0.25) is 4.79 Å². The van der Waals surface area contributed by atoms with Crippen molar-refractivity contribution in [3.8, 4) is 0 Å². The fraction of sp³-hybridized carbons (Fsp3) is 0.625. The molecule has 5 heteroatoms. The Kier molecular flexibility index (Phi) is 4.70. The van der Waals surface area contributed by atoms with Crippen LogP contribution in [0.5, 0.6) is 0 Å². The van der Waals surface area contributed by atoms with E-state index in [0.29, 0.717) is 6.54 Å². The molecule has 5 nitrogen and oxygen atoms in total. The molecule has 2 aliphatic heterocycles. The summed E-state index contributed by atoms with van der Waals surface area (Å²) in [4.78, 5) is 18.8. The molecule has 1 aromatic rings. The van der Waals surface area contributed by atoms with Crippen LogP contribution in [0.4, 0.5) is 5.82 Å². The van der Waals surface area contributed by atoms with Crippen molar-refractivity contribution in [1.82, 2.24) is 15.6 Å². The standard InChI is InChI=1S/C16H24N4O/c21-16(14-5-6-17-12-14)19-11-13-4-7-18-15(10-13)20-8-2-1-3-9-20/h4,7,10,14,17H,1-3,5-6,8-9,11-12H2,(H,19,21). The van der Waals surface area contributed by atoms with E-state index >= 15 is 0 Å². The van der Waals surface area contributed by atoms with Crippen molar-refractivity contribution in [3.63, 3.8) is 0 Å². The summed E-state index contributed by atoms with van der Waals surface area (Å²) in [6.45, 7) is 4.54. The van der Waals surface area contributed by atoms with Crippen LogP contribution < -0.4 is 15.5 Å². The molecule has 114 valence electrons. The molecule has 1 atom stereocenters. The summed E-state index contributed by atoms with van der Waals surface area (Å²) >= 11 is 0. The van der Waals surface area contributed by atoms with E-state index in [-0.39, 0.29) is 11.8 Å². The Hall–Kier alpha value is -1.62. The van der Waals surface area contributed by atoms with Gasteiger partial charge in [-0.05, 0) is 49.9 Å². The summed E-state index contributed by atoms with van der Waals surface area (Å²) in [6, 6.07) is 4.10. The highest BCUT2D eigenvalue weighted by Gasteiger charge is 2.21. The van der Waals surface area contributed by atoms with Crippen LogP contribution in [0.15, 0.2) is 18.3 Å². The summed E-state index contributed by atoms with van der Waals surface area (Å²) < 4.78 is 0. The van der Waals surface area contributed by atoms with Crippen molar-refractivity contribution in [2.24, 2.45) is 5.92 Å². The van der Waals surface area contributed by atoms with E-state index in [1.807, 2.05) is 12.3 Å². The van der Waals surface area contributed by atoms with Crippen LogP contribution in [0.3, 0.4) is 0 Å². The van der Waals surface area contributed by atoms with E-state index in [0.717, 1.165) is 44.0 Å². The van der Waals surface area contributed by atoms with Crippen LogP contribution in [0, 0.1) is 5.92 Å². The summed E-state index contributed by atoms with van der Waals surface area (Å²) in [5.74, 6) is 1.34. The van der Waals surface area contributed by atoms with Gasteiger partial charge in [0.2, 0.25) is 5.91 Å². The number of piperidine rings is 1. The zero-order valence-electron chi connectivity index (χ0n) is 12.5. The number of carbonyl (C=O) groups excluding carboxylic acids is 1. The Labute approximate surface area is 126 Å². The molecule has 1 aromatic heterocycles. The van der Waals surface area contributed by atoms with Crippen molar-refractivity contribution in [2.45, 2.75) is 32.2 Å². The van der Waals surface area contributed by atoms with Gasteiger partial charge >= 0.3 is 0 Å². The SMILES string of the molecule is O=C(NCc1ccnc(N2CCCCC2)c1)C1CCNC1. The van der Waals surface area contributed by atoms with Gasteiger partial charge in [0.15, 0.2) is 0 Å². The second-order valence-electron chi connectivity index (χ2n) is 5.98. The average Bonchev–Trinajstić information content (AvgIpc) is 3.08. The minimum Gasteiger partial charge on any atom is -0.357 e. The summed E-state index contributed by atoms with van der Waals surface area (Å²) in [7, 11) is 0. The summed E-state index contributed by atoms with van der Waals surface area (Å²) in [6.07, 6.45) is 6.61. The highest BCUT2D eigenvalue weighted by atomic mass is 16.1. The highest BCUT2D eigenvalue weighted by molar-refractivity contribution is 5.79. The minimum atomic E-state index is 0.133. The largest absolute Gasteiger partial charge is 0.357 e. The minimum absolute atomic E-state index is 0.133. The molecule has 3 heterocycles. The fourth-order valence-electron chi connectivity index (χ4n) is 3.08. The Balaban J connectivity index is 1.56. The van der Waals surface area contributed by atoms with Crippen LogP contribution in [-0.2, 0) is 11.3 Å². The predicted molar refractivity (Wildman–Crippen MR) is 83.1 cm³/mol. The van der Waals surface area contributed by atoms with Gasteiger partial charge in [-0.25, -0.2) is 4.98 Å². The number of hydrogen-bond donors (Lipinski definition) is 2. The maximum Gasteiger partial charge on any atom is 0.224 e. The lowest BCUT2D eigenvalue weighted by molar-refractivity contribution is -0.124. The molecule has 0 aromatic carbocycles. The van der Waals surface area contributed by atoms with Gasteiger partial charge in [0, 0.05) is 32.4 Å². The Morgan fingerprint density at radius 3 is 3.00 bits per heavy atom. The van der Waals surface area contributed by atoms with Crippen molar-refractivity contribution in [3.05, 3.63) is 23.9 Å². The number of carbonyl (C=O) groups is 1. The summed E-state index contributed by atoms with van der Waals surface area (Å²) in [5.41, 5.74) is 1.13. The molecule has 0 saturated carbocycles. The van der Waals surface area contributed by atoms with Crippen LogP contribution >= 0.6 is 0 Å². The first kappa shape index (κ1) is 14.3. The third-order valence-corrected chi connectivity index (χ3v) is 4.39. The average molecular weight is 288 g/mol. The number of nitrogens with zero attached hydrogens (tertiary/aromatic N) is 2. The molecule has 1 amide bonds. The van der Waals surface area contributed by atoms with Crippen LogP contribution in [-0.4, -0.2) is 37.1 Å². The van der Waals surface area contributed by atoms with Crippen molar-refractivity contribution in [1.29, 1.82) is 0 Å². The van der Waals surface area contributed by atoms with Crippen molar-refractivity contribution < 1.29 is 4.79 Å². The topological polar surface area (TPSA) is 57.3 Å². The maximum absolute atomic E-state index is 12.0. The monoisotopic (exact) mass is 288 g/mol. The second kappa shape index (κ2) is 6.89. The van der Waals surface area contributed by atoms with Gasteiger partial charge in [-0.2, -0.15) is 0 Å². The molecule has 0 spiro atoms. The van der Waals surface area contributed by atoms with Crippen LogP contribution in [0.25, 0.3) is 0 Å². The number of hydrogen-bond acceptors (Lipinski definition) is 4. The molecule has 3 rings (SSSR count). The predicted octanol–water partition coefficient (Wildman–Crippen LogP) is 1.30. The van der Waals surface area contributed by atoms with E-state index in [1.54, 1.807) is 0 Å². The Bertz CT molecular complexity index is 479. The molecule has 21 heavy (non-hydrogen) atoms. The van der Waals surface area contributed by atoms with E-state index in [9.17, 15) is 4.79 Å². The first-order valence-electron chi connectivity index (χ1n) is 8.01. The molecule has 1 unspecified atom stereocenters. The lowest BCUT2D eigenvalue weighted by atomic mass is 10.1. The van der Waals surface area contributed by atoms with Gasteiger partial charge in [0.1, 0.15) is 5.82 Å². The van der Waals surface area contributed by atoms with Gasteiger partial charge in [0.05, 0.1) is 5.92 Å².